The van der Waals surface area contributed by atoms with Gasteiger partial charge in [-0.25, -0.2) is 4.79 Å². The lowest BCUT2D eigenvalue weighted by Crippen LogP contribution is -2.13. The van der Waals surface area contributed by atoms with Crippen molar-refractivity contribution < 1.29 is 18.4 Å². The standard InChI is InChI=1S/C14H10ClNO5/c1-19-14-12-8(4-5-20-12)11(16-9(17)6-15)7-2-3-10(18)21-13(7)14/h2-5H,6H2,1H3,(H,16,17). The molecule has 0 fully saturated rings. The van der Waals surface area contributed by atoms with E-state index in [4.69, 9.17) is 25.2 Å². The molecule has 108 valence electrons. The Hall–Kier alpha value is -2.47. The molecular weight excluding hydrogens is 298 g/mol. The molecule has 21 heavy (non-hydrogen) atoms. The molecule has 7 heteroatoms. The highest BCUT2D eigenvalue weighted by Gasteiger charge is 2.20. The van der Waals surface area contributed by atoms with Crippen LogP contribution in [0.4, 0.5) is 5.69 Å². The maximum Gasteiger partial charge on any atom is 0.336 e. The van der Waals surface area contributed by atoms with E-state index in [9.17, 15) is 9.59 Å². The van der Waals surface area contributed by atoms with E-state index in [2.05, 4.69) is 5.32 Å². The van der Waals surface area contributed by atoms with Gasteiger partial charge in [-0.15, -0.1) is 11.6 Å². The first kappa shape index (κ1) is 13.5. The van der Waals surface area contributed by atoms with Gasteiger partial charge in [0, 0.05) is 16.8 Å². The Bertz CT molecular complexity index is 895. The minimum atomic E-state index is -0.527. The Labute approximate surface area is 123 Å². The number of halogens is 1. The van der Waals surface area contributed by atoms with Gasteiger partial charge in [0.25, 0.3) is 0 Å². The lowest BCUT2D eigenvalue weighted by atomic mass is 10.1. The number of furan rings is 1. The van der Waals surface area contributed by atoms with Crippen LogP contribution < -0.4 is 15.7 Å². The SMILES string of the molecule is COc1c2occc2c(NC(=O)CCl)c2ccc(=O)oc12. The zero-order valence-electron chi connectivity index (χ0n) is 10.9. The molecule has 0 aliphatic carbocycles. The summed E-state index contributed by atoms with van der Waals surface area (Å²) in [7, 11) is 1.45. The van der Waals surface area contributed by atoms with Gasteiger partial charge >= 0.3 is 5.63 Å². The van der Waals surface area contributed by atoms with Gasteiger partial charge in [0.15, 0.2) is 11.2 Å². The smallest absolute Gasteiger partial charge is 0.336 e. The molecule has 0 radical (unpaired) electrons. The number of alkyl halides is 1. The highest BCUT2D eigenvalue weighted by atomic mass is 35.5. The molecule has 6 nitrogen and oxygen atoms in total. The van der Waals surface area contributed by atoms with E-state index in [1.807, 2.05) is 0 Å². The van der Waals surface area contributed by atoms with Crippen molar-refractivity contribution in [3.05, 3.63) is 34.9 Å². The van der Waals surface area contributed by atoms with E-state index in [-0.39, 0.29) is 17.4 Å². The molecule has 2 heterocycles. The summed E-state index contributed by atoms with van der Waals surface area (Å²) in [5.41, 5.74) is 0.520. The molecule has 0 unspecified atom stereocenters. The Morgan fingerprint density at radius 1 is 1.29 bits per heavy atom. The van der Waals surface area contributed by atoms with Crippen LogP contribution in [0.5, 0.6) is 5.75 Å². The maximum atomic E-state index is 11.6. The van der Waals surface area contributed by atoms with Gasteiger partial charge in [0.2, 0.25) is 11.7 Å². The summed E-state index contributed by atoms with van der Waals surface area (Å²) < 4.78 is 15.8. The molecule has 2 aromatic heterocycles. The Morgan fingerprint density at radius 3 is 2.76 bits per heavy atom. The van der Waals surface area contributed by atoms with Crippen LogP contribution in [-0.4, -0.2) is 18.9 Å². The van der Waals surface area contributed by atoms with Gasteiger partial charge in [0.1, 0.15) is 5.88 Å². The maximum absolute atomic E-state index is 11.6. The quantitative estimate of drug-likeness (QED) is 0.594. The van der Waals surface area contributed by atoms with Crippen molar-refractivity contribution in [2.45, 2.75) is 0 Å². The van der Waals surface area contributed by atoms with Crippen LogP contribution in [-0.2, 0) is 4.79 Å². The minimum Gasteiger partial charge on any atom is -0.490 e. The van der Waals surface area contributed by atoms with E-state index in [1.165, 1.54) is 19.4 Å². The zero-order chi connectivity index (χ0) is 15.0. The predicted molar refractivity (Wildman–Crippen MR) is 78.2 cm³/mol. The Morgan fingerprint density at radius 2 is 2.05 bits per heavy atom. The Kier molecular flexibility index (Phi) is 3.31. The molecule has 0 saturated carbocycles. The monoisotopic (exact) mass is 307 g/mol. The minimum absolute atomic E-state index is 0.191. The molecule has 0 aliphatic rings. The van der Waals surface area contributed by atoms with E-state index in [0.717, 1.165) is 0 Å². The number of benzene rings is 1. The average molecular weight is 308 g/mol. The molecule has 1 aromatic carbocycles. The van der Waals surface area contributed by atoms with Gasteiger partial charge in [0.05, 0.1) is 19.1 Å². The van der Waals surface area contributed by atoms with Crippen molar-refractivity contribution in [1.29, 1.82) is 0 Å². The summed E-state index contributed by atoms with van der Waals surface area (Å²) >= 11 is 5.53. The summed E-state index contributed by atoms with van der Waals surface area (Å²) in [6, 6.07) is 4.51. The number of fused-ring (bicyclic) bond motifs is 2. The fourth-order valence-corrected chi connectivity index (χ4v) is 2.27. The molecule has 0 spiro atoms. The van der Waals surface area contributed by atoms with Gasteiger partial charge in [-0.3, -0.25) is 4.79 Å². The van der Waals surface area contributed by atoms with E-state index >= 15 is 0 Å². The highest BCUT2D eigenvalue weighted by molar-refractivity contribution is 6.30. The second-order valence-electron chi connectivity index (χ2n) is 4.25. The van der Waals surface area contributed by atoms with E-state index in [1.54, 1.807) is 12.1 Å². The first-order chi connectivity index (χ1) is 10.2. The summed E-state index contributed by atoms with van der Waals surface area (Å²) in [6.07, 6.45) is 1.46. The lowest BCUT2D eigenvalue weighted by Gasteiger charge is -2.11. The second-order valence-corrected chi connectivity index (χ2v) is 4.52. The lowest BCUT2D eigenvalue weighted by molar-refractivity contribution is -0.113. The third-order valence-corrected chi connectivity index (χ3v) is 3.28. The van der Waals surface area contributed by atoms with Crippen LogP contribution in [0.15, 0.2) is 38.1 Å². The number of carbonyl (C=O) groups is 1. The number of ether oxygens (including phenoxy) is 1. The second kappa shape index (κ2) is 5.14. The van der Waals surface area contributed by atoms with Crippen molar-refractivity contribution in [3.63, 3.8) is 0 Å². The van der Waals surface area contributed by atoms with E-state index in [0.29, 0.717) is 27.8 Å². The van der Waals surface area contributed by atoms with E-state index < -0.39 is 5.63 Å². The van der Waals surface area contributed by atoms with Crippen molar-refractivity contribution in [1.82, 2.24) is 0 Å². The van der Waals surface area contributed by atoms with Crippen molar-refractivity contribution in [2.75, 3.05) is 18.3 Å². The third-order valence-electron chi connectivity index (χ3n) is 3.04. The van der Waals surface area contributed by atoms with Crippen LogP contribution in [0.1, 0.15) is 0 Å². The fraction of sp³-hybridized carbons (Fsp3) is 0.143. The molecule has 1 N–H and O–H groups in total. The molecule has 3 rings (SSSR count). The number of anilines is 1. The van der Waals surface area contributed by atoms with Crippen LogP contribution >= 0.6 is 11.6 Å². The van der Waals surface area contributed by atoms with Gasteiger partial charge in [-0.05, 0) is 12.1 Å². The predicted octanol–water partition coefficient (Wildman–Crippen LogP) is 2.73. The van der Waals surface area contributed by atoms with Gasteiger partial charge < -0.3 is 18.9 Å². The fourth-order valence-electron chi connectivity index (χ4n) is 2.21. The van der Waals surface area contributed by atoms with Crippen molar-refractivity contribution >= 4 is 45.1 Å². The van der Waals surface area contributed by atoms with Crippen LogP contribution in [0.25, 0.3) is 21.9 Å². The number of hydrogen-bond donors (Lipinski definition) is 1. The van der Waals surface area contributed by atoms with Crippen LogP contribution in [0, 0.1) is 0 Å². The summed E-state index contributed by atoms with van der Waals surface area (Å²) in [4.78, 5) is 23.1. The van der Waals surface area contributed by atoms with Gasteiger partial charge in [-0.2, -0.15) is 0 Å². The third kappa shape index (κ3) is 2.13. The molecule has 1 amide bonds. The first-order valence-corrected chi connectivity index (χ1v) is 6.56. The highest BCUT2D eigenvalue weighted by Crippen LogP contribution is 2.41. The molecule has 0 aliphatic heterocycles. The van der Waals surface area contributed by atoms with Gasteiger partial charge in [-0.1, -0.05) is 0 Å². The largest absolute Gasteiger partial charge is 0.490 e. The number of hydrogen-bond acceptors (Lipinski definition) is 5. The number of methoxy groups -OCH3 is 1. The number of rotatable bonds is 3. The van der Waals surface area contributed by atoms with Crippen molar-refractivity contribution in [3.8, 4) is 5.75 Å². The zero-order valence-corrected chi connectivity index (χ0v) is 11.7. The van der Waals surface area contributed by atoms with Crippen molar-refractivity contribution in [2.24, 2.45) is 0 Å². The van der Waals surface area contributed by atoms with Crippen LogP contribution in [0.2, 0.25) is 0 Å². The molecule has 0 saturated heterocycles. The number of amides is 1. The van der Waals surface area contributed by atoms with Crippen LogP contribution in [0.3, 0.4) is 0 Å². The topological polar surface area (TPSA) is 81.7 Å². The molecule has 0 atom stereocenters. The molecule has 0 bridgehead atoms. The summed E-state index contributed by atoms with van der Waals surface area (Å²) in [5.74, 6) is -0.271. The normalized spacial score (nSPS) is 11.0. The Balaban J connectivity index is 2.45. The molecule has 3 aromatic rings. The number of carbonyl (C=O) groups excluding carboxylic acids is 1. The average Bonchev–Trinajstić information content (AvgIpc) is 2.96. The first-order valence-electron chi connectivity index (χ1n) is 6.02. The molecular formula is C14H10ClNO5. The summed E-state index contributed by atoms with van der Waals surface area (Å²) in [5, 5.41) is 3.84. The number of nitrogens with one attached hydrogen (secondary N) is 1. The summed E-state index contributed by atoms with van der Waals surface area (Å²) in [6.45, 7) is 0.